The van der Waals surface area contributed by atoms with Gasteiger partial charge in [0.25, 0.3) is 5.91 Å². The van der Waals surface area contributed by atoms with E-state index in [0.717, 1.165) is 18.4 Å². The molecule has 1 atom stereocenters. The number of hydrogen-bond acceptors (Lipinski definition) is 3. The van der Waals surface area contributed by atoms with Crippen LogP contribution in [0, 0.1) is 17.1 Å². The molecule has 0 radical (unpaired) electrons. The molecular formula is C20H19FN2O2. The first-order valence-corrected chi connectivity index (χ1v) is 8.28. The Kier molecular flexibility index (Phi) is 4.99. The maximum Gasteiger partial charge on any atom is 0.263 e. The smallest absolute Gasteiger partial charge is 0.263 e. The Morgan fingerprint density at radius 1 is 1.32 bits per heavy atom. The van der Waals surface area contributed by atoms with Gasteiger partial charge in [-0.05, 0) is 61.7 Å². The Hall–Kier alpha value is -2.87. The van der Waals surface area contributed by atoms with Crippen LogP contribution in [-0.2, 0) is 11.3 Å². The van der Waals surface area contributed by atoms with Gasteiger partial charge < -0.3 is 9.64 Å². The molecule has 0 bridgehead atoms. The standard InChI is InChI=1S/C20H19FN2O2/c1-14(25-19-9-5-15(12-22)6-10-19)20(24)23(18-7-8-18)13-16-3-2-4-17(21)11-16/h2-6,9-11,14,18H,7-8,13H2,1H3. The first-order chi connectivity index (χ1) is 12.1. The molecule has 0 spiro atoms. The van der Waals surface area contributed by atoms with Crippen LogP contribution in [-0.4, -0.2) is 23.0 Å². The van der Waals surface area contributed by atoms with Crippen molar-refractivity contribution in [1.29, 1.82) is 5.26 Å². The highest BCUT2D eigenvalue weighted by atomic mass is 19.1. The fraction of sp³-hybridized carbons (Fsp3) is 0.300. The highest BCUT2D eigenvalue weighted by Gasteiger charge is 2.35. The Balaban J connectivity index is 1.68. The van der Waals surface area contributed by atoms with Crippen LogP contribution in [0.4, 0.5) is 4.39 Å². The van der Waals surface area contributed by atoms with Crippen molar-refractivity contribution in [3.8, 4) is 11.8 Å². The molecule has 3 rings (SSSR count). The quantitative estimate of drug-likeness (QED) is 0.808. The van der Waals surface area contributed by atoms with Crippen LogP contribution in [0.15, 0.2) is 48.5 Å². The number of halogens is 1. The van der Waals surface area contributed by atoms with Crippen LogP contribution >= 0.6 is 0 Å². The summed E-state index contributed by atoms with van der Waals surface area (Å²) in [6, 6.07) is 15.2. The summed E-state index contributed by atoms with van der Waals surface area (Å²) in [6.07, 6.45) is 1.28. The molecule has 2 aromatic carbocycles. The summed E-state index contributed by atoms with van der Waals surface area (Å²) in [5, 5.41) is 8.82. The van der Waals surface area contributed by atoms with Gasteiger partial charge in [0, 0.05) is 12.6 Å². The Morgan fingerprint density at radius 3 is 2.64 bits per heavy atom. The van der Waals surface area contributed by atoms with E-state index < -0.39 is 6.10 Å². The van der Waals surface area contributed by atoms with Crippen molar-refractivity contribution in [2.24, 2.45) is 0 Å². The minimum Gasteiger partial charge on any atom is -0.481 e. The summed E-state index contributed by atoms with van der Waals surface area (Å²) in [5.74, 6) is 0.125. The number of amides is 1. The summed E-state index contributed by atoms with van der Waals surface area (Å²) in [5.41, 5.74) is 1.31. The minimum atomic E-state index is -0.651. The Bertz CT molecular complexity index is 794. The van der Waals surface area contributed by atoms with E-state index in [1.807, 2.05) is 12.1 Å². The molecule has 0 aromatic heterocycles. The van der Waals surface area contributed by atoms with Crippen molar-refractivity contribution < 1.29 is 13.9 Å². The summed E-state index contributed by atoms with van der Waals surface area (Å²) >= 11 is 0. The summed E-state index contributed by atoms with van der Waals surface area (Å²) in [7, 11) is 0. The van der Waals surface area contributed by atoms with Gasteiger partial charge >= 0.3 is 0 Å². The molecular weight excluding hydrogens is 319 g/mol. The second-order valence-corrected chi connectivity index (χ2v) is 6.22. The number of nitriles is 1. The van der Waals surface area contributed by atoms with Crippen LogP contribution < -0.4 is 4.74 Å². The molecule has 2 aromatic rings. The highest BCUT2D eigenvalue weighted by molar-refractivity contribution is 5.81. The van der Waals surface area contributed by atoms with Gasteiger partial charge in [0.2, 0.25) is 0 Å². The number of hydrogen-bond donors (Lipinski definition) is 0. The topological polar surface area (TPSA) is 53.3 Å². The van der Waals surface area contributed by atoms with Crippen molar-refractivity contribution in [2.45, 2.75) is 38.5 Å². The average Bonchev–Trinajstić information content (AvgIpc) is 3.45. The third-order valence-electron chi connectivity index (χ3n) is 4.16. The molecule has 4 nitrogen and oxygen atoms in total. The fourth-order valence-electron chi connectivity index (χ4n) is 2.70. The van der Waals surface area contributed by atoms with Crippen LogP contribution in [0.3, 0.4) is 0 Å². The number of nitrogens with zero attached hydrogens (tertiary/aromatic N) is 2. The highest BCUT2D eigenvalue weighted by Crippen LogP contribution is 2.29. The lowest BCUT2D eigenvalue weighted by atomic mass is 10.2. The molecule has 128 valence electrons. The summed E-state index contributed by atoms with van der Waals surface area (Å²) in [4.78, 5) is 14.6. The van der Waals surface area contributed by atoms with E-state index in [9.17, 15) is 9.18 Å². The number of rotatable bonds is 6. The number of benzene rings is 2. The van der Waals surface area contributed by atoms with E-state index in [1.165, 1.54) is 12.1 Å². The normalized spacial score (nSPS) is 14.4. The number of carbonyl (C=O) groups is 1. The molecule has 1 unspecified atom stereocenters. The van der Waals surface area contributed by atoms with Gasteiger partial charge in [-0.1, -0.05) is 12.1 Å². The van der Waals surface area contributed by atoms with Crippen molar-refractivity contribution in [3.05, 3.63) is 65.5 Å². The van der Waals surface area contributed by atoms with Gasteiger partial charge in [-0.3, -0.25) is 4.79 Å². The van der Waals surface area contributed by atoms with Crippen LogP contribution in [0.1, 0.15) is 30.9 Å². The molecule has 0 N–H and O–H groups in total. The number of ether oxygens (including phenoxy) is 1. The molecule has 0 heterocycles. The minimum absolute atomic E-state index is 0.115. The molecule has 1 aliphatic rings. The van der Waals surface area contributed by atoms with Gasteiger partial charge in [0.05, 0.1) is 11.6 Å². The van der Waals surface area contributed by atoms with Crippen molar-refractivity contribution in [2.75, 3.05) is 0 Å². The molecule has 0 saturated heterocycles. The van der Waals surface area contributed by atoms with Gasteiger partial charge in [0.1, 0.15) is 11.6 Å². The molecule has 1 fully saturated rings. The van der Waals surface area contributed by atoms with Gasteiger partial charge in [0.15, 0.2) is 6.10 Å². The summed E-state index contributed by atoms with van der Waals surface area (Å²) in [6.45, 7) is 2.09. The van der Waals surface area contributed by atoms with Crippen LogP contribution in [0.5, 0.6) is 5.75 Å². The SMILES string of the molecule is CC(Oc1ccc(C#N)cc1)C(=O)N(Cc1cccc(F)c1)C1CC1. The molecule has 0 aliphatic heterocycles. The van der Waals surface area contributed by atoms with E-state index in [1.54, 1.807) is 42.2 Å². The van der Waals surface area contributed by atoms with E-state index in [2.05, 4.69) is 0 Å². The monoisotopic (exact) mass is 338 g/mol. The zero-order chi connectivity index (χ0) is 17.8. The molecule has 1 saturated carbocycles. The van der Waals surface area contributed by atoms with Gasteiger partial charge in [-0.2, -0.15) is 5.26 Å². The van der Waals surface area contributed by atoms with E-state index in [0.29, 0.717) is 17.9 Å². The zero-order valence-corrected chi connectivity index (χ0v) is 14.0. The predicted molar refractivity (Wildman–Crippen MR) is 91.2 cm³/mol. The largest absolute Gasteiger partial charge is 0.481 e. The van der Waals surface area contributed by atoms with Gasteiger partial charge in [-0.25, -0.2) is 4.39 Å². The number of carbonyl (C=O) groups excluding carboxylic acids is 1. The van der Waals surface area contributed by atoms with Crippen molar-refractivity contribution >= 4 is 5.91 Å². The predicted octanol–water partition coefficient (Wildman–Crippen LogP) is 3.66. The van der Waals surface area contributed by atoms with E-state index in [4.69, 9.17) is 10.00 Å². The van der Waals surface area contributed by atoms with Crippen molar-refractivity contribution in [3.63, 3.8) is 0 Å². The van der Waals surface area contributed by atoms with Crippen molar-refractivity contribution in [1.82, 2.24) is 4.90 Å². The van der Waals surface area contributed by atoms with Crippen LogP contribution in [0.2, 0.25) is 0 Å². The molecule has 1 amide bonds. The van der Waals surface area contributed by atoms with Gasteiger partial charge in [-0.15, -0.1) is 0 Å². The molecule has 5 heteroatoms. The molecule has 25 heavy (non-hydrogen) atoms. The molecule has 1 aliphatic carbocycles. The average molecular weight is 338 g/mol. The lowest BCUT2D eigenvalue weighted by molar-refractivity contribution is -0.139. The third kappa shape index (κ3) is 4.36. The van der Waals surface area contributed by atoms with E-state index >= 15 is 0 Å². The fourth-order valence-corrected chi connectivity index (χ4v) is 2.70. The third-order valence-corrected chi connectivity index (χ3v) is 4.16. The Morgan fingerprint density at radius 2 is 2.04 bits per heavy atom. The second kappa shape index (κ2) is 7.35. The lowest BCUT2D eigenvalue weighted by Gasteiger charge is -2.26. The zero-order valence-electron chi connectivity index (χ0n) is 14.0. The maximum absolute atomic E-state index is 13.4. The Labute approximate surface area is 146 Å². The summed E-state index contributed by atoms with van der Waals surface area (Å²) < 4.78 is 19.1. The van der Waals surface area contributed by atoms with Crippen LogP contribution in [0.25, 0.3) is 0 Å². The first-order valence-electron chi connectivity index (χ1n) is 8.28. The van der Waals surface area contributed by atoms with E-state index in [-0.39, 0.29) is 17.8 Å². The lowest BCUT2D eigenvalue weighted by Crippen LogP contribution is -2.41. The maximum atomic E-state index is 13.4. The first kappa shape index (κ1) is 17.0. The second-order valence-electron chi connectivity index (χ2n) is 6.22.